The number of carbonyl (C=O) groups excluding carboxylic acids is 2. The number of methoxy groups -OCH3 is 2. The summed E-state index contributed by atoms with van der Waals surface area (Å²) in [4.78, 5) is 27.9. The van der Waals surface area contributed by atoms with Gasteiger partial charge in [-0.1, -0.05) is 13.0 Å². The number of nitrogens with zero attached hydrogens (tertiary/aromatic N) is 1. The molecule has 1 heterocycles. The van der Waals surface area contributed by atoms with Crippen LogP contribution in [0.15, 0.2) is 42.5 Å². The van der Waals surface area contributed by atoms with Gasteiger partial charge < -0.3 is 19.1 Å². The number of amides is 1. The van der Waals surface area contributed by atoms with E-state index in [0.29, 0.717) is 35.9 Å². The fourth-order valence-electron chi connectivity index (χ4n) is 5.08. The monoisotopic (exact) mass is 451 g/mol. The Labute approximate surface area is 195 Å². The van der Waals surface area contributed by atoms with Gasteiger partial charge in [0.1, 0.15) is 11.5 Å². The highest BCUT2D eigenvalue weighted by molar-refractivity contribution is 5.96. The fraction of sp³-hybridized carbons (Fsp3) is 0.481. The third kappa shape index (κ3) is 4.56. The minimum atomic E-state index is -0.679. The molecule has 2 aromatic rings. The maximum Gasteiger partial charge on any atom is 0.253 e. The molecule has 4 rings (SSSR count). The molecule has 2 aromatic carbocycles. The molecule has 1 saturated carbocycles. The molecule has 2 atom stereocenters. The molecule has 0 N–H and O–H groups in total. The van der Waals surface area contributed by atoms with Crippen LogP contribution >= 0.6 is 0 Å². The first-order valence-electron chi connectivity index (χ1n) is 11.6. The van der Waals surface area contributed by atoms with Crippen molar-refractivity contribution in [2.24, 2.45) is 5.41 Å². The van der Waals surface area contributed by atoms with Crippen molar-refractivity contribution in [1.29, 1.82) is 0 Å². The van der Waals surface area contributed by atoms with Crippen LogP contribution in [-0.4, -0.2) is 50.0 Å². The van der Waals surface area contributed by atoms with Crippen LogP contribution in [-0.2, 0) is 4.79 Å². The second-order valence-electron chi connectivity index (χ2n) is 9.38. The first-order valence-corrected chi connectivity index (χ1v) is 11.6. The number of rotatable bonds is 7. The summed E-state index contributed by atoms with van der Waals surface area (Å²) < 4.78 is 17.0. The zero-order valence-electron chi connectivity index (χ0n) is 19.9. The van der Waals surface area contributed by atoms with Crippen molar-refractivity contribution in [3.63, 3.8) is 0 Å². The number of Topliss-reactive ketones (excluding diaryl/α,β-unsaturated/α-hetero) is 1. The lowest BCUT2D eigenvalue weighted by atomic mass is 9.73. The van der Waals surface area contributed by atoms with Crippen LogP contribution in [0.4, 0.5) is 0 Å². The molecule has 33 heavy (non-hydrogen) atoms. The van der Waals surface area contributed by atoms with E-state index >= 15 is 0 Å². The molecule has 1 amide bonds. The van der Waals surface area contributed by atoms with Crippen molar-refractivity contribution in [2.75, 3.05) is 27.3 Å². The molecular weight excluding hydrogens is 418 g/mol. The summed E-state index contributed by atoms with van der Waals surface area (Å²) >= 11 is 0. The standard InChI is InChI=1S/C27H33NO5/c1-18(29)27(2)17-28(26(30)19-9-12-21(31-3)13-10-19)16-23(27)20-11-14-24(32-4)25(15-20)33-22-7-5-6-8-22/h9-15,22-23H,5-8,16-17H2,1-4H3. The smallest absolute Gasteiger partial charge is 0.253 e. The number of likely N-dealkylation sites (tertiary alicyclic amines) is 1. The largest absolute Gasteiger partial charge is 0.497 e. The van der Waals surface area contributed by atoms with Crippen LogP contribution in [0.25, 0.3) is 0 Å². The third-order valence-corrected chi connectivity index (χ3v) is 7.31. The molecule has 6 heteroatoms. The highest BCUT2D eigenvalue weighted by Gasteiger charge is 2.48. The molecule has 176 valence electrons. The van der Waals surface area contributed by atoms with Gasteiger partial charge in [0.2, 0.25) is 0 Å². The molecule has 2 fully saturated rings. The number of hydrogen-bond acceptors (Lipinski definition) is 5. The van der Waals surface area contributed by atoms with Gasteiger partial charge in [-0.25, -0.2) is 0 Å². The van der Waals surface area contributed by atoms with E-state index in [1.54, 1.807) is 50.3 Å². The molecule has 2 aliphatic rings. The summed E-state index contributed by atoms with van der Waals surface area (Å²) in [7, 11) is 3.24. The van der Waals surface area contributed by atoms with Crippen molar-refractivity contribution >= 4 is 11.7 Å². The van der Waals surface area contributed by atoms with Gasteiger partial charge in [-0.05, 0) is 74.6 Å². The molecule has 0 spiro atoms. The SMILES string of the molecule is COc1ccc(C(=O)N2CC(c3ccc(OC)c(OC4CCCC4)c3)C(C)(C(C)=O)C2)cc1. The Kier molecular flexibility index (Phi) is 6.63. The number of carbonyl (C=O) groups is 2. The second-order valence-corrected chi connectivity index (χ2v) is 9.38. The minimum Gasteiger partial charge on any atom is -0.497 e. The van der Waals surface area contributed by atoms with Crippen LogP contribution in [0, 0.1) is 5.41 Å². The van der Waals surface area contributed by atoms with Crippen molar-refractivity contribution in [2.45, 2.75) is 51.6 Å². The normalized spacial score (nSPS) is 22.9. The summed E-state index contributed by atoms with van der Waals surface area (Å²) in [5.74, 6) is 1.98. The average Bonchev–Trinajstić information content (AvgIpc) is 3.47. The summed E-state index contributed by atoms with van der Waals surface area (Å²) in [6.07, 6.45) is 4.66. The Bertz CT molecular complexity index is 1010. The molecule has 1 aliphatic carbocycles. The Morgan fingerprint density at radius 1 is 0.970 bits per heavy atom. The molecule has 0 radical (unpaired) electrons. The maximum absolute atomic E-state index is 13.3. The number of hydrogen-bond donors (Lipinski definition) is 0. The number of ether oxygens (including phenoxy) is 3. The summed E-state index contributed by atoms with van der Waals surface area (Å²) in [5, 5.41) is 0. The van der Waals surface area contributed by atoms with Gasteiger partial charge in [0, 0.05) is 24.6 Å². The lowest BCUT2D eigenvalue weighted by molar-refractivity contribution is -0.125. The van der Waals surface area contributed by atoms with Gasteiger partial charge in [-0.3, -0.25) is 9.59 Å². The van der Waals surface area contributed by atoms with E-state index in [4.69, 9.17) is 14.2 Å². The zero-order chi connectivity index (χ0) is 23.6. The van der Waals surface area contributed by atoms with Crippen LogP contribution < -0.4 is 14.2 Å². The number of ketones is 1. The van der Waals surface area contributed by atoms with E-state index in [1.165, 1.54) is 12.8 Å². The molecule has 0 aromatic heterocycles. The van der Waals surface area contributed by atoms with Crippen molar-refractivity contribution in [3.05, 3.63) is 53.6 Å². The van der Waals surface area contributed by atoms with Gasteiger partial charge in [-0.15, -0.1) is 0 Å². The summed E-state index contributed by atoms with van der Waals surface area (Å²) in [6, 6.07) is 13.0. The van der Waals surface area contributed by atoms with E-state index in [-0.39, 0.29) is 23.7 Å². The van der Waals surface area contributed by atoms with Gasteiger partial charge in [-0.2, -0.15) is 0 Å². The van der Waals surface area contributed by atoms with E-state index in [1.807, 2.05) is 25.1 Å². The highest BCUT2D eigenvalue weighted by Crippen LogP contribution is 2.46. The lowest BCUT2D eigenvalue weighted by Gasteiger charge is -2.28. The predicted octanol–water partition coefficient (Wildman–Crippen LogP) is 4.86. The quantitative estimate of drug-likeness (QED) is 0.602. The zero-order valence-corrected chi connectivity index (χ0v) is 19.9. The number of benzene rings is 2. The topological polar surface area (TPSA) is 65.1 Å². The first-order chi connectivity index (χ1) is 15.9. The second kappa shape index (κ2) is 9.46. The summed E-state index contributed by atoms with van der Waals surface area (Å²) in [6.45, 7) is 4.43. The molecule has 1 aliphatic heterocycles. The van der Waals surface area contributed by atoms with Crippen molar-refractivity contribution in [1.82, 2.24) is 4.90 Å². The van der Waals surface area contributed by atoms with Crippen molar-refractivity contribution < 1.29 is 23.8 Å². The van der Waals surface area contributed by atoms with Crippen LogP contribution in [0.5, 0.6) is 17.2 Å². The Hall–Kier alpha value is -3.02. The van der Waals surface area contributed by atoms with Gasteiger partial charge >= 0.3 is 0 Å². The molecule has 0 bridgehead atoms. The Balaban J connectivity index is 1.62. The molecule has 2 unspecified atom stereocenters. The molecular formula is C27H33NO5. The third-order valence-electron chi connectivity index (χ3n) is 7.31. The summed E-state index contributed by atoms with van der Waals surface area (Å²) in [5.41, 5.74) is 0.898. The van der Waals surface area contributed by atoms with Gasteiger partial charge in [0.25, 0.3) is 5.91 Å². The van der Waals surface area contributed by atoms with Crippen molar-refractivity contribution in [3.8, 4) is 17.2 Å². The molecule has 6 nitrogen and oxygen atoms in total. The van der Waals surface area contributed by atoms with E-state index < -0.39 is 5.41 Å². The van der Waals surface area contributed by atoms with Gasteiger partial charge in [0.05, 0.1) is 25.7 Å². The van der Waals surface area contributed by atoms with Crippen LogP contribution in [0.3, 0.4) is 0 Å². The Morgan fingerprint density at radius 2 is 1.67 bits per heavy atom. The molecule has 1 saturated heterocycles. The maximum atomic E-state index is 13.3. The van der Waals surface area contributed by atoms with Crippen LogP contribution in [0.1, 0.15) is 61.4 Å². The predicted molar refractivity (Wildman–Crippen MR) is 126 cm³/mol. The average molecular weight is 452 g/mol. The lowest BCUT2D eigenvalue weighted by Crippen LogP contribution is -2.35. The first kappa shape index (κ1) is 23.1. The van der Waals surface area contributed by atoms with Crippen LogP contribution in [0.2, 0.25) is 0 Å². The van der Waals surface area contributed by atoms with Gasteiger partial charge in [0.15, 0.2) is 11.5 Å². The van der Waals surface area contributed by atoms with E-state index in [0.717, 1.165) is 18.4 Å². The van der Waals surface area contributed by atoms with E-state index in [2.05, 4.69) is 0 Å². The Morgan fingerprint density at radius 3 is 2.27 bits per heavy atom. The van der Waals surface area contributed by atoms with E-state index in [9.17, 15) is 9.59 Å². The minimum absolute atomic E-state index is 0.0756. The highest BCUT2D eigenvalue weighted by atomic mass is 16.5. The fourth-order valence-corrected chi connectivity index (χ4v) is 5.08.